The Morgan fingerprint density at radius 2 is 1.50 bits per heavy atom. The summed E-state index contributed by atoms with van der Waals surface area (Å²) in [7, 11) is 0. The molecule has 0 saturated carbocycles. The molecule has 198 valence electrons. The number of nitrogens with two attached hydrogens (primary N) is 1. The fourth-order valence-corrected chi connectivity index (χ4v) is 6.24. The second kappa shape index (κ2) is 11.7. The third-order valence-corrected chi connectivity index (χ3v) is 8.65. The smallest absolute Gasteiger partial charge is 0.245 e. The Kier molecular flexibility index (Phi) is 7.86. The third kappa shape index (κ3) is 4.93. The van der Waals surface area contributed by atoms with Crippen molar-refractivity contribution in [1.29, 1.82) is 10.5 Å². The number of carbonyl (C=O) groups excluding carboxylic acids is 1. The van der Waals surface area contributed by atoms with E-state index in [1.165, 1.54) is 11.8 Å². The van der Waals surface area contributed by atoms with Gasteiger partial charge in [-0.2, -0.15) is 10.5 Å². The van der Waals surface area contributed by atoms with Crippen molar-refractivity contribution in [3.8, 4) is 23.3 Å². The number of nitrogens with zero attached hydrogens (tertiary/aromatic N) is 4. The van der Waals surface area contributed by atoms with E-state index in [-0.39, 0.29) is 22.9 Å². The van der Waals surface area contributed by atoms with Crippen LogP contribution >= 0.6 is 11.8 Å². The zero-order chi connectivity index (χ0) is 28.2. The summed E-state index contributed by atoms with van der Waals surface area (Å²) in [6.07, 6.45) is 3.07. The Bertz CT molecular complexity index is 1620. The van der Waals surface area contributed by atoms with Crippen molar-refractivity contribution in [2.24, 2.45) is 0 Å². The fraction of sp³-hybridized carbons (Fsp3) is 0.212. The molecule has 4 aromatic rings. The van der Waals surface area contributed by atoms with Crippen molar-refractivity contribution in [2.45, 2.75) is 49.8 Å². The second-order valence-corrected chi connectivity index (χ2v) is 10.8. The number of hydrogen-bond acceptors (Lipinski definition) is 6. The minimum Gasteiger partial charge on any atom is -0.383 e. The van der Waals surface area contributed by atoms with Crippen molar-refractivity contribution in [3.63, 3.8) is 0 Å². The molecule has 2 N–H and O–H groups in total. The number of thioether (sulfide) groups is 1. The van der Waals surface area contributed by atoms with Crippen LogP contribution in [-0.2, 0) is 24.1 Å². The number of rotatable bonds is 6. The quantitative estimate of drug-likeness (QED) is 0.263. The minimum atomic E-state index is -0.540. The molecule has 1 aromatic heterocycles. The van der Waals surface area contributed by atoms with Gasteiger partial charge in [-0.15, -0.1) is 0 Å². The first-order valence-corrected chi connectivity index (χ1v) is 14.3. The van der Waals surface area contributed by atoms with Crippen LogP contribution in [0.15, 0.2) is 77.8 Å². The van der Waals surface area contributed by atoms with Crippen LogP contribution in [0, 0.1) is 22.7 Å². The van der Waals surface area contributed by atoms with Crippen molar-refractivity contribution in [2.75, 3.05) is 10.6 Å². The molecule has 2 heterocycles. The first kappa shape index (κ1) is 27.0. The average molecular weight is 544 g/mol. The summed E-state index contributed by atoms with van der Waals surface area (Å²) in [6.45, 7) is 4.02. The van der Waals surface area contributed by atoms with Crippen LogP contribution in [0.1, 0.15) is 48.1 Å². The van der Waals surface area contributed by atoms with Gasteiger partial charge in [0.2, 0.25) is 5.91 Å². The number of anilines is 3. The van der Waals surface area contributed by atoms with E-state index in [9.17, 15) is 15.3 Å². The van der Waals surface area contributed by atoms with Crippen molar-refractivity contribution < 1.29 is 4.79 Å². The predicted octanol–water partition coefficient (Wildman–Crippen LogP) is 6.97. The molecule has 5 rings (SSSR count). The van der Waals surface area contributed by atoms with Crippen LogP contribution in [0.5, 0.6) is 0 Å². The lowest BCUT2D eigenvalue weighted by atomic mass is 9.96. The van der Waals surface area contributed by atoms with E-state index in [0.29, 0.717) is 17.0 Å². The lowest BCUT2D eigenvalue weighted by Gasteiger charge is -2.28. The molecule has 1 aliphatic heterocycles. The standard InChI is InChI=1S/C33H29N5OS/c1-3-21-13-15-24(16-14-21)30-25(19-34)31(36)37-32(26(30)20-35)40-29(4-2)33(39)38-27-11-7-5-9-22(27)17-18-23-10-6-8-12-28(23)38/h5-16,29H,3-4,17-18H2,1-2H3,(H2,36,37). The van der Waals surface area contributed by atoms with Gasteiger partial charge in [0.05, 0.1) is 22.2 Å². The highest BCUT2D eigenvalue weighted by molar-refractivity contribution is 8.00. The van der Waals surface area contributed by atoms with E-state index < -0.39 is 5.25 Å². The molecule has 0 aliphatic carbocycles. The number of para-hydroxylation sites is 2. The zero-order valence-corrected chi connectivity index (χ0v) is 23.3. The van der Waals surface area contributed by atoms with E-state index >= 15 is 0 Å². The number of hydrogen-bond donors (Lipinski definition) is 1. The Hall–Kier alpha value is -4.59. The van der Waals surface area contributed by atoms with Crippen LogP contribution in [0.2, 0.25) is 0 Å². The summed E-state index contributed by atoms with van der Waals surface area (Å²) < 4.78 is 0. The molecule has 1 aliphatic rings. The molecule has 0 saturated heterocycles. The van der Waals surface area contributed by atoms with Gasteiger partial charge in [-0.3, -0.25) is 9.69 Å². The van der Waals surface area contributed by atoms with E-state index in [1.807, 2.05) is 72.5 Å². The van der Waals surface area contributed by atoms with Gasteiger partial charge < -0.3 is 5.73 Å². The molecule has 0 spiro atoms. The summed E-state index contributed by atoms with van der Waals surface area (Å²) in [5.41, 5.74) is 13.0. The molecule has 3 aromatic carbocycles. The number of fused-ring (bicyclic) bond motifs is 2. The highest BCUT2D eigenvalue weighted by Gasteiger charge is 2.32. The van der Waals surface area contributed by atoms with Gasteiger partial charge in [-0.25, -0.2) is 4.98 Å². The zero-order valence-electron chi connectivity index (χ0n) is 22.5. The molecular formula is C33H29N5OS. The van der Waals surface area contributed by atoms with Crippen LogP contribution in [-0.4, -0.2) is 16.1 Å². The third-order valence-electron chi connectivity index (χ3n) is 7.32. The molecule has 6 nitrogen and oxygen atoms in total. The molecule has 1 amide bonds. The topological polar surface area (TPSA) is 107 Å². The normalized spacial score (nSPS) is 12.8. The Morgan fingerprint density at radius 3 is 2.02 bits per heavy atom. The van der Waals surface area contributed by atoms with E-state index in [1.54, 1.807) is 0 Å². The highest BCUT2D eigenvalue weighted by Crippen LogP contribution is 2.41. The van der Waals surface area contributed by atoms with Gasteiger partial charge in [-0.05, 0) is 60.1 Å². The summed E-state index contributed by atoms with van der Waals surface area (Å²) in [4.78, 5) is 20.7. The number of benzene rings is 3. The Balaban J connectivity index is 1.60. The summed E-state index contributed by atoms with van der Waals surface area (Å²) >= 11 is 1.23. The van der Waals surface area contributed by atoms with Gasteiger partial charge in [0.15, 0.2) is 0 Å². The van der Waals surface area contributed by atoms with Crippen LogP contribution < -0.4 is 10.6 Å². The van der Waals surface area contributed by atoms with Gasteiger partial charge in [0.1, 0.15) is 28.5 Å². The average Bonchev–Trinajstić information content (AvgIpc) is 3.16. The van der Waals surface area contributed by atoms with Gasteiger partial charge in [0.25, 0.3) is 0 Å². The van der Waals surface area contributed by atoms with Crippen LogP contribution in [0.25, 0.3) is 11.1 Å². The predicted molar refractivity (Wildman–Crippen MR) is 160 cm³/mol. The fourth-order valence-electron chi connectivity index (χ4n) is 5.18. The highest BCUT2D eigenvalue weighted by atomic mass is 32.2. The van der Waals surface area contributed by atoms with Gasteiger partial charge in [-0.1, -0.05) is 86.3 Å². The number of aryl methyl sites for hydroxylation is 3. The van der Waals surface area contributed by atoms with Crippen LogP contribution in [0.3, 0.4) is 0 Å². The number of aromatic nitrogens is 1. The molecule has 0 radical (unpaired) electrons. The maximum atomic E-state index is 14.4. The summed E-state index contributed by atoms with van der Waals surface area (Å²) in [5, 5.41) is 20.0. The van der Waals surface area contributed by atoms with Crippen molar-refractivity contribution in [3.05, 3.63) is 101 Å². The lowest BCUT2D eigenvalue weighted by molar-refractivity contribution is -0.117. The number of carbonyl (C=O) groups is 1. The van der Waals surface area contributed by atoms with Gasteiger partial charge >= 0.3 is 0 Å². The van der Waals surface area contributed by atoms with Crippen molar-refractivity contribution in [1.82, 2.24) is 4.98 Å². The van der Waals surface area contributed by atoms with E-state index in [2.05, 4.69) is 36.2 Å². The number of amides is 1. The first-order valence-electron chi connectivity index (χ1n) is 13.4. The molecule has 0 fully saturated rings. The monoisotopic (exact) mass is 543 g/mol. The molecule has 40 heavy (non-hydrogen) atoms. The number of nitriles is 2. The molecule has 0 bridgehead atoms. The second-order valence-electron chi connectivity index (χ2n) is 9.65. The summed E-state index contributed by atoms with van der Waals surface area (Å²) in [6, 6.07) is 28.2. The largest absolute Gasteiger partial charge is 0.383 e. The maximum absolute atomic E-state index is 14.4. The lowest BCUT2D eigenvalue weighted by Crippen LogP contribution is -2.34. The molecular weight excluding hydrogens is 514 g/mol. The van der Waals surface area contributed by atoms with Gasteiger partial charge in [0, 0.05) is 5.56 Å². The Morgan fingerprint density at radius 1 is 0.925 bits per heavy atom. The maximum Gasteiger partial charge on any atom is 0.245 e. The molecule has 7 heteroatoms. The minimum absolute atomic E-state index is 0.0475. The first-order chi connectivity index (χ1) is 19.5. The molecule has 1 unspecified atom stereocenters. The van der Waals surface area contributed by atoms with Crippen molar-refractivity contribution >= 4 is 34.9 Å². The SMILES string of the molecule is CCc1ccc(-c2c(C#N)c(N)nc(SC(CC)C(=O)N3c4ccccc4CCc4ccccc43)c2C#N)cc1. The molecule has 1 atom stereocenters. The van der Waals surface area contributed by atoms with E-state index in [4.69, 9.17) is 5.73 Å². The number of nitrogen functional groups attached to an aromatic ring is 1. The number of pyridine rings is 1. The van der Waals surface area contributed by atoms with Crippen LogP contribution in [0.4, 0.5) is 17.2 Å². The van der Waals surface area contributed by atoms with E-state index in [0.717, 1.165) is 52.9 Å². The Labute approximate surface area is 239 Å². The summed E-state index contributed by atoms with van der Waals surface area (Å²) in [5.74, 6) is -0.0388.